The Morgan fingerprint density at radius 3 is 2.04 bits per heavy atom. The molecule has 5 rings (SSSR count). The fourth-order valence-electron chi connectivity index (χ4n) is 9.95. The number of fused-ring (bicyclic) bond motifs is 3. The fraction of sp³-hybridized carbons (Fsp3) is 0.558. The van der Waals surface area contributed by atoms with Crippen molar-refractivity contribution >= 4 is 28.9 Å². The highest BCUT2D eigenvalue weighted by Crippen LogP contribution is 2.64. The summed E-state index contributed by atoms with van der Waals surface area (Å²) in [6.07, 6.45) is -4.40. The Morgan fingerprint density at radius 2 is 1.53 bits per heavy atom. The van der Waals surface area contributed by atoms with Gasteiger partial charge in [0.25, 0.3) is 0 Å². The van der Waals surface area contributed by atoms with Crippen LogP contribution in [0.25, 0.3) is 0 Å². The molecule has 0 spiro atoms. The third kappa shape index (κ3) is 6.22. The summed E-state index contributed by atoms with van der Waals surface area (Å²) in [5.74, 6) is -9.89. The zero-order chi connectivity index (χ0) is 40.1. The normalized spacial score (nSPS) is 28.9. The van der Waals surface area contributed by atoms with E-state index in [1.165, 1.54) is 6.92 Å². The highest BCUT2D eigenvalue weighted by molar-refractivity contribution is 6.32. The first-order valence-electron chi connectivity index (χ1n) is 18.3. The summed E-state index contributed by atoms with van der Waals surface area (Å²) in [5.41, 5.74) is -4.06. The molecule has 0 bridgehead atoms. The molecule has 0 radical (unpaired) electrons. The molecule has 2 saturated carbocycles. The Bertz CT molecular complexity index is 1930. The number of hydrogen-bond donors (Lipinski definition) is 2. The van der Waals surface area contributed by atoms with Gasteiger partial charge in [-0.05, 0) is 95.2 Å². The summed E-state index contributed by atoms with van der Waals surface area (Å²) < 4.78 is 41.6. The molecule has 10 heteroatoms. The first-order chi connectivity index (χ1) is 24.1. The van der Waals surface area contributed by atoms with E-state index in [0.29, 0.717) is 27.8 Å². The lowest BCUT2D eigenvalue weighted by Gasteiger charge is -2.62. The van der Waals surface area contributed by atoms with Gasteiger partial charge in [-0.25, -0.2) is 0 Å². The number of phenolic OH excluding ortho intramolecular Hbond substituents is 1. The van der Waals surface area contributed by atoms with Gasteiger partial charge in [-0.2, -0.15) is 13.2 Å². The number of carbonyl (C=O) groups excluding carboxylic acids is 5. The second-order valence-electron chi connectivity index (χ2n) is 18.1. The SMILES string of the molecule is C=C(Cc1cc(C(C)(C)C)cc(C(F)(F)F)c1)Cc1cc(C(C)C)c2c(c1O)C(=O)C1C(=O)[C@@]3(O)C(=O)C(C(C)=O)C(=O)C(C(C)C)[C@@]3(C)C[C@@]1(C)C2. The molecule has 2 N–H and O–H groups in total. The van der Waals surface area contributed by atoms with E-state index in [-0.39, 0.29) is 37.2 Å². The van der Waals surface area contributed by atoms with Gasteiger partial charge in [0.15, 0.2) is 28.7 Å². The Balaban J connectivity index is 1.60. The lowest BCUT2D eigenvalue weighted by molar-refractivity contribution is -0.205. The minimum atomic E-state index is -4.56. The molecule has 2 aromatic carbocycles. The van der Waals surface area contributed by atoms with Gasteiger partial charge in [-0.15, -0.1) is 0 Å². The smallest absolute Gasteiger partial charge is 0.416 e. The Hall–Kier alpha value is -3.92. The number of hydrogen-bond acceptors (Lipinski definition) is 7. The quantitative estimate of drug-likeness (QED) is 0.219. The molecule has 3 aliphatic carbocycles. The average molecular weight is 737 g/mol. The number of benzene rings is 2. The first kappa shape index (κ1) is 40.3. The highest BCUT2D eigenvalue weighted by Gasteiger charge is 2.76. The predicted octanol–water partition coefficient (Wildman–Crippen LogP) is 7.87. The molecule has 6 atom stereocenters. The minimum absolute atomic E-state index is 0.0159. The number of aliphatic hydroxyl groups is 1. The number of rotatable bonds is 7. The minimum Gasteiger partial charge on any atom is -0.507 e. The van der Waals surface area contributed by atoms with Crippen molar-refractivity contribution in [2.45, 2.75) is 118 Å². The second kappa shape index (κ2) is 12.8. The molecule has 0 heterocycles. The topological polar surface area (TPSA) is 126 Å². The van der Waals surface area contributed by atoms with E-state index in [0.717, 1.165) is 24.6 Å². The van der Waals surface area contributed by atoms with Crippen LogP contribution in [-0.4, -0.2) is 44.7 Å². The molecule has 3 aliphatic rings. The molecule has 0 saturated heterocycles. The fourth-order valence-corrected chi connectivity index (χ4v) is 9.95. The molecule has 0 aromatic heterocycles. The van der Waals surface area contributed by atoms with Crippen molar-refractivity contribution in [3.63, 3.8) is 0 Å². The molecule has 3 unspecified atom stereocenters. The van der Waals surface area contributed by atoms with Gasteiger partial charge in [0.05, 0.1) is 17.0 Å². The van der Waals surface area contributed by atoms with Gasteiger partial charge >= 0.3 is 6.18 Å². The van der Waals surface area contributed by atoms with E-state index >= 15 is 0 Å². The Kier molecular flexibility index (Phi) is 9.76. The molecule has 53 heavy (non-hydrogen) atoms. The zero-order valence-corrected chi connectivity index (χ0v) is 32.3. The Labute approximate surface area is 309 Å². The maximum Gasteiger partial charge on any atom is 0.416 e. The zero-order valence-electron chi connectivity index (χ0n) is 32.3. The van der Waals surface area contributed by atoms with Crippen LogP contribution in [0.5, 0.6) is 5.75 Å². The van der Waals surface area contributed by atoms with Crippen LogP contribution >= 0.6 is 0 Å². The number of ketones is 5. The van der Waals surface area contributed by atoms with E-state index in [4.69, 9.17) is 0 Å². The number of allylic oxidation sites excluding steroid dienone is 1. The summed E-state index contributed by atoms with van der Waals surface area (Å²) in [4.78, 5) is 69.9. The van der Waals surface area contributed by atoms with Crippen LogP contribution < -0.4 is 0 Å². The van der Waals surface area contributed by atoms with Crippen molar-refractivity contribution in [2.75, 3.05) is 0 Å². The largest absolute Gasteiger partial charge is 0.507 e. The van der Waals surface area contributed by atoms with Crippen LogP contribution in [0.2, 0.25) is 0 Å². The van der Waals surface area contributed by atoms with Gasteiger partial charge in [-0.1, -0.05) is 86.6 Å². The van der Waals surface area contributed by atoms with E-state index < -0.39 is 91.9 Å². The van der Waals surface area contributed by atoms with Gasteiger partial charge in [0, 0.05) is 11.3 Å². The average Bonchev–Trinajstić information content (AvgIpc) is 2.98. The van der Waals surface area contributed by atoms with Crippen LogP contribution in [0.1, 0.15) is 125 Å². The van der Waals surface area contributed by atoms with Crippen molar-refractivity contribution in [3.05, 3.63) is 75.4 Å². The van der Waals surface area contributed by atoms with Crippen LogP contribution in [0.15, 0.2) is 36.4 Å². The van der Waals surface area contributed by atoms with Crippen LogP contribution in [-0.2, 0) is 50.0 Å². The van der Waals surface area contributed by atoms with Crippen molar-refractivity contribution in [1.29, 1.82) is 0 Å². The van der Waals surface area contributed by atoms with Crippen molar-refractivity contribution in [3.8, 4) is 5.75 Å². The van der Waals surface area contributed by atoms with E-state index in [1.54, 1.807) is 32.9 Å². The van der Waals surface area contributed by atoms with Crippen LogP contribution in [0.3, 0.4) is 0 Å². The van der Waals surface area contributed by atoms with Gasteiger partial charge in [0.2, 0.25) is 0 Å². The van der Waals surface area contributed by atoms with Crippen molar-refractivity contribution in [2.24, 2.45) is 34.5 Å². The number of phenols is 1. The molecule has 0 amide bonds. The first-order valence-corrected chi connectivity index (χ1v) is 18.3. The molecule has 2 fully saturated rings. The van der Waals surface area contributed by atoms with E-state index in [9.17, 15) is 47.4 Å². The summed E-state index contributed by atoms with van der Waals surface area (Å²) >= 11 is 0. The molecular formula is C43H51F3O7. The van der Waals surface area contributed by atoms with Crippen molar-refractivity contribution in [1.82, 2.24) is 0 Å². The maximum absolute atomic E-state index is 14.7. The lowest BCUT2D eigenvalue weighted by atomic mass is 9.39. The number of Topliss-reactive ketones (excluding diaryl/α,β-unsaturated/α-hetero) is 5. The van der Waals surface area contributed by atoms with E-state index in [2.05, 4.69) is 6.58 Å². The third-order valence-electron chi connectivity index (χ3n) is 12.2. The van der Waals surface area contributed by atoms with E-state index in [1.807, 2.05) is 34.6 Å². The molecule has 2 aromatic rings. The Morgan fingerprint density at radius 1 is 0.943 bits per heavy atom. The number of carbonyl (C=O) groups is 5. The summed E-state index contributed by atoms with van der Waals surface area (Å²) in [7, 11) is 0. The van der Waals surface area contributed by atoms with Gasteiger partial charge in [-0.3, -0.25) is 24.0 Å². The highest BCUT2D eigenvalue weighted by atomic mass is 19.4. The summed E-state index contributed by atoms with van der Waals surface area (Å²) in [5, 5.41) is 24.1. The number of aromatic hydroxyl groups is 1. The van der Waals surface area contributed by atoms with Crippen molar-refractivity contribution < 1.29 is 47.4 Å². The third-order valence-corrected chi connectivity index (χ3v) is 12.2. The lowest BCUT2D eigenvalue weighted by Crippen LogP contribution is -2.76. The number of halogens is 3. The standard InChI is InChI=1S/C43H51F3O7/c1-20(2)28-16-25(13-22(5)12-24-14-26(39(7,8)9)17-27(15-24)43(44,45)46)34(48)31-29(28)18-40(10)19-41(11)32(21(3)4)35(49)30(23(6)47)37(51)42(41,53)38(52)33(40)36(31)50/h14-17,20-21,30,32-33,48,53H,5,12-13,18-19H2,1-4,6-11H3/t30?,32?,33?,40-,41-,42+/m1/s1. The van der Waals surface area contributed by atoms with Gasteiger partial charge in [0.1, 0.15) is 17.5 Å². The molecular weight excluding hydrogens is 685 g/mol. The molecule has 7 nitrogen and oxygen atoms in total. The summed E-state index contributed by atoms with van der Waals surface area (Å²) in [6.45, 7) is 21.3. The molecule has 286 valence electrons. The monoisotopic (exact) mass is 736 g/mol. The molecule has 0 aliphatic heterocycles. The predicted molar refractivity (Wildman–Crippen MR) is 194 cm³/mol. The second-order valence-corrected chi connectivity index (χ2v) is 18.1. The van der Waals surface area contributed by atoms with Crippen LogP contribution in [0.4, 0.5) is 13.2 Å². The van der Waals surface area contributed by atoms with Crippen LogP contribution in [0, 0.1) is 34.5 Å². The number of alkyl halides is 3. The maximum atomic E-state index is 14.7. The summed E-state index contributed by atoms with van der Waals surface area (Å²) in [6, 6.07) is 5.72. The van der Waals surface area contributed by atoms with Gasteiger partial charge < -0.3 is 10.2 Å².